The number of nitrogen functional groups attached to an aromatic ring is 1. The molecule has 0 spiro atoms. The third kappa shape index (κ3) is 3.54. The lowest BCUT2D eigenvalue weighted by Gasteiger charge is -2.23. The van der Waals surface area contributed by atoms with Crippen LogP contribution in [0.2, 0.25) is 0 Å². The molecular weight excluding hydrogens is 252 g/mol. The topological polar surface area (TPSA) is 123 Å². The molecule has 1 aromatic heterocycles. The Bertz CT molecular complexity index is 492. The number of nitrogens with two attached hydrogens (primary N) is 1. The lowest BCUT2D eigenvalue weighted by Crippen LogP contribution is -2.32. The molecule has 8 heteroatoms. The second kappa shape index (κ2) is 5.98. The number of anilines is 2. The molecule has 1 atom stereocenters. The molecule has 104 valence electrons. The van der Waals surface area contributed by atoms with Gasteiger partial charge in [0.25, 0.3) is 0 Å². The summed E-state index contributed by atoms with van der Waals surface area (Å²) in [5.41, 5.74) is 5.25. The maximum absolute atomic E-state index is 10.8. The molecule has 0 aliphatic carbocycles. The van der Waals surface area contributed by atoms with Crippen LogP contribution in [-0.4, -0.2) is 34.1 Å². The van der Waals surface area contributed by atoms with Crippen molar-refractivity contribution in [2.24, 2.45) is 5.92 Å². The van der Waals surface area contributed by atoms with Gasteiger partial charge in [0.15, 0.2) is 0 Å². The minimum Gasteiger partial charge on any atom is -0.481 e. The number of hydrogen-bond acceptors (Lipinski definition) is 6. The van der Waals surface area contributed by atoms with Crippen LogP contribution in [-0.2, 0) is 4.79 Å². The van der Waals surface area contributed by atoms with Crippen LogP contribution < -0.4 is 10.6 Å². The zero-order chi connectivity index (χ0) is 14.6. The summed E-state index contributed by atoms with van der Waals surface area (Å²) in [6.07, 6.45) is 0. The first kappa shape index (κ1) is 14.7. The van der Waals surface area contributed by atoms with Crippen molar-refractivity contribution >= 4 is 23.3 Å². The van der Waals surface area contributed by atoms with E-state index in [1.54, 1.807) is 11.8 Å². The Balaban J connectivity index is 2.96. The zero-order valence-corrected chi connectivity index (χ0v) is 10.7. The Morgan fingerprint density at radius 2 is 2.26 bits per heavy atom. The van der Waals surface area contributed by atoms with Crippen LogP contribution in [0, 0.1) is 16.0 Å². The van der Waals surface area contributed by atoms with E-state index in [1.807, 2.05) is 6.92 Å². The summed E-state index contributed by atoms with van der Waals surface area (Å²) in [6.45, 7) is 4.21. The average molecular weight is 268 g/mol. The number of hydrogen-bond donors (Lipinski definition) is 2. The van der Waals surface area contributed by atoms with Gasteiger partial charge >= 0.3 is 11.7 Å². The quantitative estimate of drug-likeness (QED) is 0.585. The molecular formula is C11H16N4O4. The van der Waals surface area contributed by atoms with E-state index in [9.17, 15) is 14.9 Å². The van der Waals surface area contributed by atoms with Gasteiger partial charge in [-0.3, -0.25) is 14.9 Å². The van der Waals surface area contributed by atoms with Crippen LogP contribution in [0.15, 0.2) is 12.1 Å². The van der Waals surface area contributed by atoms with E-state index in [4.69, 9.17) is 10.8 Å². The minimum atomic E-state index is -0.909. The van der Waals surface area contributed by atoms with Gasteiger partial charge in [0.1, 0.15) is 5.82 Å². The number of nitro groups is 1. The number of carbonyl (C=O) groups is 1. The van der Waals surface area contributed by atoms with Crippen molar-refractivity contribution in [3.05, 3.63) is 22.2 Å². The zero-order valence-electron chi connectivity index (χ0n) is 10.7. The number of aromatic nitrogens is 1. The molecule has 1 unspecified atom stereocenters. The lowest BCUT2D eigenvalue weighted by atomic mass is 10.1. The fraction of sp³-hybridized carbons (Fsp3) is 0.455. The van der Waals surface area contributed by atoms with Gasteiger partial charge in [-0.15, -0.1) is 0 Å². The highest BCUT2D eigenvalue weighted by atomic mass is 16.6. The summed E-state index contributed by atoms with van der Waals surface area (Å²) in [4.78, 5) is 26.5. The highest BCUT2D eigenvalue weighted by Crippen LogP contribution is 2.23. The molecule has 0 aliphatic heterocycles. The van der Waals surface area contributed by atoms with Crippen molar-refractivity contribution in [1.29, 1.82) is 0 Å². The van der Waals surface area contributed by atoms with E-state index >= 15 is 0 Å². The van der Waals surface area contributed by atoms with Crippen molar-refractivity contribution in [1.82, 2.24) is 4.98 Å². The monoisotopic (exact) mass is 268 g/mol. The van der Waals surface area contributed by atoms with Gasteiger partial charge < -0.3 is 15.7 Å². The molecule has 1 aromatic rings. The molecule has 0 saturated heterocycles. The maximum Gasteiger partial charge on any atom is 0.311 e. The van der Waals surface area contributed by atoms with Crippen molar-refractivity contribution < 1.29 is 14.8 Å². The molecule has 0 bridgehead atoms. The Kier molecular flexibility index (Phi) is 4.62. The van der Waals surface area contributed by atoms with Crippen molar-refractivity contribution in [2.75, 3.05) is 23.7 Å². The number of pyridine rings is 1. The third-order valence-electron chi connectivity index (χ3n) is 2.71. The van der Waals surface area contributed by atoms with Crippen LogP contribution in [0.5, 0.6) is 0 Å². The lowest BCUT2D eigenvalue weighted by molar-refractivity contribution is -0.384. The molecule has 0 fully saturated rings. The van der Waals surface area contributed by atoms with Crippen molar-refractivity contribution in [2.45, 2.75) is 13.8 Å². The smallest absolute Gasteiger partial charge is 0.311 e. The summed E-state index contributed by atoms with van der Waals surface area (Å²) in [5.74, 6) is -1.23. The predicted octanol–water partition coefficient (Wildman–Crippen LogP) is 1.12. The fourth-order valence-corrected chi connectivity index (χ4v) is 1.58. The number of rotatable bonds is 6. The first-order valence-electron chi connectivity index (χ1n) is 5.75. The highest BCUT2D eigenvalue weighted by molar-refractivity contribution is 5.70. The normalized spacial score (nSPS) is 11.9. The summed E-state index contributed by atoms with van der Waals surface area (Å²) >= 11 is 0. The van der Waals surface area contributed by atoms with Gasteiger partial charge in [-0.25, -0.2) is 4.98 Å². The van der Waals surface area contributed by atoms with E-state index < -0.39 is 16.8 Å². The van der Waals surface area contributed by atoms with Crippen LogP contribution >= 0.6 is 0 Å². The van der Waals surface area contributed by atoms with Crippen molar-refractivity contribution in [3.8, 4) is 0 Å². The molecule has 3 N–H and O–H groups in total. The molecule has 0 aromatic carbocycles. The highest BCUT2D eigenvalue weighted by Gasteiger charge is 2.19. The van der Waals surface area contributed by atoms with E-state index in [2.05, 4.69) is 4.98 Å². The molecule has 0 amide bonds. The Hall–Kier alpha value is -2.38. The molecule has 1 rings (SSSR count). The molecule has 19 heavy (non-hydrogen) atoms. The third-order valence-corrected chi connectivity index (χ3v) is 2.71. The van der Waals surface area contributed by atoms with Crippen molar-refractivity contribution in [3.63, 3.8) is 0 Å². The average Bonchev–Trinajstić information content (AvgIpc) is 2.34. The molecule has 1 heterocycles. The number of carboxylic acids is 1. The van der Waals surface area contributed by atoms with E-state index in [1.165, 1.54) is 12.1 Å². The predicted molar refractivity (Wildman–Crippen MR) is 70.0 cm³/mol. The molecule has 0 radical (unpaired) electrons. The number of aliphatic carboxylic acids is 1. The second-order valence-corrected chi connectivity index (χ2v) is 4.11. The summed E-state index contributed by atoms with van der Waals surface area (Å²) < 4.78 is 0. The number of carboxylic acid groups (broad SMARTS) is 1. The molecule has 8 nitrogen and oxygen atoms in total. The van der Waals surface area contributed by atoms with E-state index in [0.717, 1.165) is 0 Å². The van der Waals surface area contributed by atoms with Gasteiger partial charge in [0, 0.05) is 19.2 Å². The number of nitrogens with zero attached hydrogens (tertiary/aromatic N) is 3. The van der Waals surface area contributed by atoms with Gasteiger partial charge in [-0.2, -0.15) is 0 Å². The van der Waals surface area contributed by atoms with Gasteiger partial charge in [-0.1, -0.05) is 6.92 Å². The van der Waals surface area contributed by atoms with Gasteiger partial charge in [-0.05, 0) is 13.0 Å². The Morgan fingerprint density at radius 1 is 1.63 bits per heavy atom. The van der Waals surface area contributed by atoms with Crippen LogP contribution in [0.1, 0.15) is 13.8 Å². The largest absolute Gasteiger partial charge is 0.481 e. The fourth-order valence-electron chi connectivity index (χ4n) is 1.58. The Labute approximate surface area is 110 Å². The van der Waals surface area contributed by atoms with Crippen LogP contribution in [0.4, 0.5) is 17.3 Å². The first-order valence-corrected chi connectivity index (χ1v) is 5.75. The van der Waals surface area contributed by atoms with E-state index in [0.29, 0.717) is 12.4 Å². The van der Waals surface area contributed by atoms with E-state index in [-0.39, 0.29) is 18.1 Å². The van der Waals surface area contributed by atoms with Gasteiger partial charge in [0.2, 0.25) is 5.82 Å². The minimum absolute atomic E-state index is 0.177. The summed E-state index contributed by atoms with van der Waals surface area (Å²) in [6, 6.07) is 2.73. The SMILES string of the molecule is CCN(CC(C)C(=O)O)c1ccc([N+](=O)[O-])c(N)n1. The van der Waals surface area contributed by atoms with Gasteiger partial charge in [0.05, 0.1) is 10.8 Å². The van der Waals surface area contributed by atoms with Crippen LogP contribution in [0.3, 0.4) is 0 Å². The van der Waals surface area contributed by atoms with Crippen LogP contribution in [0.25, 0.3) is 0 Å². The maximum atomic E-state index is 10.8. The molecule has 0 saturated carbocycles. The summed E-state index contributed by atoms with van der Waals surface area (Å²) in [7, 11) is 0. The summed E-state index contributed by atoms with van der Waals surface area (Å²) in [5, 5.41) is 19.5. The standard InChI is InChI=1S/C11H16N4O4/c1-3-14(6-7(2)11(16)17)9-5-4-8(15(18)19)10(12)13-9/h4-5,7H,3,6H2,1-2H3,(H2,12,13)(H,16,17). The first-order chi connectivity index (χ1) is 8.86. The second-order valence-electron chi connectivity index (χ2n) is 4.11. The molecule has 0 aliphatic rings. The Morgan fingerprint density at radius 3 is 2.68 bits per heavy atom.